The minimum atomic E-state index is -4.28. The molecule has 242 valence electrons. The number of unbranched alkanes of at least 4 members (excludes halogenated alkanes) is 25. The third kappa shape index (κ3) is 34.3. The summed E-state index contributed by atoms with van der Waals surface area (Å²) in [5.41, 5.74) is 0. The molecule has 0 fully saturated rings. The monoisotopic (exact) mass is 590 g/mol. The molecule has 0 aliphatic carbocycles. The molecule has 0 spiro atoms. The van der Waals surface area contributed by atoms with Gasteiger partial charge in [0.15, 0.2) is 0 Å². The van der Waals surface area contributed by atoms with Crippen LogP contribution in [0.2, 0.25) is 0 Å². The standard InChI is InChI=1S/C34H72NO4P/c1-3-5-7-9-11-19-23-27-31-35(32-28-24-20-12-10-8-6-4-2)33-29-25-21-17-15-13-14-16-18-22-26-30-34-39-40(36,37)38/h3-34H2,1-2H3,(H2,36,37,38). The first-order valence-electron chi connectivity index (χ1n) is 17.9. The summed E-state index contributed by atoms with van der Waals surface area (Å²) in [6.45, 7) is 8.72. The van der Waals surface area contributed by atoms with Crippen LogP contribution >= 0.6 is 7.82 Å². The van der Waals surface area contributed by atoms with Crippen LogP contribution in [-0.4, -0.2) is 40.9 Å². The smallest absolute Gasteiger partial charge is 0.303 e. The average molecular weight is 590 g/mol. The summed E-state index contributed by atoms with van der Waals surface area (Å²) < 4.78 is 15.1. The summed E-state index contributed by atoms with van der Waals surface area (Å²) in [6, 6.07) is 0. The van der Waals surface area contributed by atoms with Crippen LogP contribution in [0, 0.1) is 0 Å². The van der Waals surface area contributed by atoms with Crippen LogP contribution in [0.3, 0.4) is 0 Å². The molecular weight excluding hydrogens is 517 g/mol. The van der Waals surface area contributed by atoms with E-state index in [1.807, 2.05) is 0 Å². The van der Waals surface area contributed by atoms with Gasteiger partial charge in [-0.05, 0) is 45.3 Å². The van der Waals surface area contributed by atoms with Crippen molar-refractivity contribution in [3.05, 3.63) is 0 Å². The topological polar surface area (TPSA) is 70.0 Å². The normalized spacial score (nSPS) is 12.1. The van der Waals surface area contributed by atoms with Crippen molar-refractivity contribution in [2.45, 2.75) is 194 Å². The van der Waals surface area contributed by atoms with Gasteiger partial charge >= 0.3 is 7.82 Å². The molecule has 0 rings (SSSR count). The van der Waals surface area contributed by atoms with Crippen molar-refractivity contribution >= 4 is 7.82 Å². The molecule has 0 bridgehead atoms. The van der Waals surface area contributed by atoms with Crippen LogP contribution < -0.4 is 0 Å². The summed E-state index contributed by atoms with van der Waals surface area (Å²) in [4.78, 5) is 20.1. The lowest BCUT2D eigenvalue weighted by atomic mass is 10.0. The first kappa shape index (κ1) is 40.1. The Kier molecular flexibility index (Phi) is 32.0. The van der Waals surface area contributed by atoms with E-state index in [1.165, 1.54) is 180 Å². The van der Waals surface area contributed by atoms with Gasteiger partial charge < -0.3 is 14.7 Å². The highest BCUT2D eigenvalue weighted by Crippen LogP contribution is 2.35. The summed E-state index contributed by atoms with van der Waals surface area (Å²) in [6.07, 6.45) is 37.6. The van der Waals surface area contributed by atoms with E-state index in [0.29, 0.717) is 0 Å². The molecule has 0 radical (unpaired) electrons. The molecule has 0 aromatic rings. The largest absolute Gasteiger partial charge is 0.469 e. The predicted octanol–water partition coefficient (Wildman–Crippen LogP) is 11.4. The molecule has 0 atom stereocenters. The first-order chi connectivity index (χ1) is 19.5. The molecule has 0 aliphatic rings. The van der Waals surface area contributed by atoms with Crippen LogP contribution in [0.4, 0.5) is 0 Å². The van der Waals surface area contributed by atoms with Gasteiger partial charge in [-0.15, -0.1) is 0 Å². The Hall–Kier alpha value is 0.0700. The minimum absolute atomic E-state index is 0.167. The third-order valence-corrected chi connectivity index (χ3v) is 8.80. The molecule has 2 N–H and O–H groups in total. The van der Waals surface area contributed by atoms with Crippen molar-refractivity contribution in [3.63, 3.8) is 0 Å². The van der Waals surface area contributed by atoms with Gasteiger partial charge in [0.05, 0.1) is 6.61 Å². The zero-order chi connectivity index (χ0) is 29.4. The molecule has 0 heterocycles. The van der Waals surface area contributed by atoms with E-state index in [1.54, 1.807) is 0 Å². The van der Waals surface area contributed by atoms with Crippen molar-refractivity contribution < 1.29 is 18.9 Å². The Morgan fingerprint density at radius 2 is 0.675 bits per heavy atom. The number of phosphoric acid groups is 1. The van der Waals surface area contributed by atoms with Gasteiger partial charge in [-0.1, -0.05) is 168 Å². The fraction of sp³-hybridized carbons (Fsp3) is 1.00. The van der Waals surface area contributed by atoms with Gasteiger partial charge in [0.1, 0.15) is 0 Å². The highest BCUT2D eigenvalue weighted by Gasteiger charge is 2.12. The lowest BCUT2D eigenvalue weighted by molar-refractivity contribution is 0.193. The second kappa shape index (κ2) is 32.0. The molecule has 0 aromatic heterocycles. The number of phosphoric ester groups is 1. The number of hydrogen-bond donors (Lipinski definition) is 2. The molecule has 0 saturated carbocycles. The van der Waals surface area contributed by atoms with E-state index in [2.05, 4.69) is 23.3 Å². The number of rotatable bonds is 34. The van der Waals surface area contributed by atoms with Gasteiger partial charge in [-0.2, -0.15) is 0 Å². The van der Waals surface area contributed by atoms with Crippen LogP contribution in [-0.2, 0) is 9.09 Å². The fourth-order valence-corrected chi connectivity index (χ4v) is 6.03. The Labute approximate surface area is 251 Å². The lowest BCUT2D eigenvalue weighted by Gasteiger charge is -2.22. The van der Waals surface area contributed by atoms with Gasteiger partial charge in [0.25, 0.3) is 0 Å². The summed E-state index contributed by atoms with van der Waals surface area (Å²) in [7, 11) is -4.28. The van der Waals surface area contributed by atoms with E-state index in [9.17, 15) is 4.57 Å². The maximum atomic E-state index is 10.6. The van der Waals surface area contributed by atoms with Crippen LogP contribution in [0.1, 0.15) is 194 Å². The van der Waals surface area contributed by atoms with Crippen LogP contribution in [0.25, 0.3) is 0 Å². The SMILES string of the molecule is CCCCCCCCCCN(CCCCCCCCCC)CCCCCCCCCCCCCCOP(=O)(O)O. The van der Waals surface area contributed by atoms with E-state index >= 15 is 0 Å². The zero-order valence-electron chi connectivity index (χ0n) is 27.2. The molecule has 0 unspecified atom stereocenters. The van der Waals surface area contributed by atoms with E-state index < -0.39 is 7.82 Å². The van der Waals surface area contributed by atoms with Gasteiger partial charge in [-0.3, -0.25) is 4.52 Å². The van der Waals surface area contributed by atoms with Crippen molar-refractivity contribution in [1.82, 2.24) is 4.90 Å². The Morgan fingerprint density at radius 1 is 0.425 bits per heavy atom. The van der Waals surface area contributed by atoms with Crippen molar-refractivity contribution in [3.8, 4) is 0 Å². The number of nitrogens with zero attached hydrogens (tertiary/aromatic N) is 1. The van der Waals surface area contributed by atoms with Crippen LogP contribution in [0.5, 0.6) is 0 Å². The Balaban J connectivity index is 3.77. The Morgan fingerprint density at radius 3 is 0.950 bits per heavy atom. The van der Waals surface area contributed by atoms with Gasteiger partial charge in [0.2, 0.25) is 0 Å². The van der Waals surface area contributed by atoms with E-state index in [0.717, 1.165) is 19.3 Å². The maximum Gasteiger partial charge on any atom is 0.469 e. The van der Waals surface area contributed by atoms with Crippen molar-refractivity contribution in [1.29, 1.82) is 0 Å². The minimum Gasteiger partial charge on any atom is -0.303 e. The number of hydrogen-bond acceptors (Lipinski definition) is 3. The average Bonchev–Trinajstić information content (AvgIpc) is 2.92. The van der Waals surface area contributed by atoms with Crippen molar-refractivity contribution in [2.75, 3.05) is 26.2 Å². The van der Waals surface area contributed by atoms with Crippen molar-refractivity contribution in [2.24, 2.45) is 0 Å². The molecule has 0 saturated heterocycles. The molecule has 40 heavy (non-hydrogen) atoms. The summed E-state index contributed by atoms with van der Waals surface area (Å²) in [5.74, 6) is 0. The molecule has 6 heteroatoms. The molecule has 0 amide bonds. The van der Waals surface area contributed by atoms with Gasteiger partial charge in [0, 0.05) is 0 Å². The lowest BCUT2D eigenvalue weighted by Crippen LogP contribution is -2.27. The highest BCUT2D eigenvalue weighted by atomic mass is 31.2. The third-order valence-electron chi connectivity index (χ3n) is 8.28. The summed E-state index contributed by atoms with van der Waals surface area (Å²) >= 11 is 0. The van der Waals surface area contributed by atoms with Crippen LogP contribution in [0.15, 0.2) is 0 Å². The molecule has 0 aliphatic heterocycles. The quantitative estimate of drug-likeness (QED) is 0.0577. The zero-order valence-corrected chi connectivity index (χ0v) is 28.1. The maximum absolute atomic E-state index is 10.6. The molecule has 5 nitrogen and oxygen atoms in total. The Bertz CT molecular complexity index is 508. The summed E-state index contributed by atoms with van der Waals surface area (Å²) in [5, 5.41) is 0. The molecule has 0 aromatic carbocycles. The second-order valence-corrected chi connectivity index (χ2v) is 13.6. The fourth-order valence-electron chi connectivity index (χ4n) is 5.66. The second-order valence-electron chi connectivity index (χ2n) is 12.4. The van der Waals surface area contributed by atoms with Gasteiger partial charge in [-0.25, -0.2) is 4.57 Å². The van der Waals surface area contributed by atoms with E-state index in [-0.39, 0.29) is 6.61 Å². The van der Waals surface area contributed by atoms with E-state index in [4.69, 9.17) is 9.79 Å². The predicted molar refractivity (Wildman–Crippen MR) is 175 cm³/mol. The molecular formula is C34H72NO4P. The first-order valence-corrected chi connectivity index (χ1v) is 19.4. The highest BCUT2D eigenvalue weighted by molar-refractivity contribution is 7.46.